The largest absolute Gasteiger partial charge is 0.372 e. The van der Waals surface area contributed by atoms with Gasteiger partial charge >= 0.3 is 0 Å². The van der Waals surface area contributed by atoms with Crippen LogP contribution in [0.15, 0.2) is 18.2 Å². The van der Waals surface area contributed by atoms with Crippen molar-refractivity contribution in [3.8, 4) is 0 Å². The van der Waals surface area contributed by atoms with Crippen molar-refractivity contribution in [3.05, 3.63) is 23.8 Å². The number of benzene rings is 1. The number of ether oxygens (including phenoxy) is 2. The summed E-state index contributed by atoms with van der Waals surface area (Å²) in [6, 6.07) is 5.59. The molecule has 0 atom stereocenters. The Kier molecular flexibility index (Phi) is 6.71. The van der Waals surface area contributed by atoms with Crippen molar-refractivity contribution < 1.29 is 19.1 Å². The molecule has 1 aromatic carbocycles. The molecule has 8 nitrogen and oxygen atoms in total. The van der Waals surface area contributed by atoms with Crippen LogP contribution in [0.1, 0.15) is 19.4 Å². The van der Waals surface area contributed by atoms with Gasteiger partial charge in [0, 0.05) is 25.1 Å². The number of aromatic nitrogens is 2. The normalized spacial score (nSPS) is 10.8. The molecule has 0 bridgehead atoms. The van der Waals surface area contributed by atoms with Crippen molar-refractivity contribution in [3.63, 3.8) is 0 Å². The van der Waals surface area contributed by atoms with E-state index in [0.29, 0.717) is 25.6 Å². The molecular weight excluding hydrogens is 312 g/mol. The van der Waals surface area contributed by atoms with Crippen molar-refractivity contribution in [2.45, 2.75) is 20.4 Å². The lowest BCUT2D eigenvalue weighted by Crippen LogP contribution is -2.27. The Labute approximate surface area is 139 Å². The summed E-state index contributed by atoms with van der Waals surface area (Å²) in [5.41, 5.74) is 1.70. The summed E-state index contributed by atoms with van der Waals surface area (Å²) >= 11 is 0. The zero-order valence-corrected chi connectivity index (χ0v) is 13.8. The van der Waals surface area contributed by atoms with Gasteiger partial charge in [-0.05, 0) is 31.5 Å². The fourth-order valence-corrected chi connectivity index (χ4v) is 2.08. The van der Waals surface area contributed by atoms with Crippen molar-refractivity contribution in [2.75, 3.05) is 31.7 Å². The summed E-state index contributed by atoms with van der Waals surface area (Å²) in [5, 5.41) is 13.2. The van der Waals surface area contributed by atoms with Crippen molar-refractivity contribution in [2.24, 2.45) is 0 Å². The maximum atomic E-state index is 11.7. The summed E-state index contributed by atoms with van der Waals surface area (Å²) in [4.78, 5) is 23.2. The van der Waals surface area contributed by atoms with Crippen LogP contribution < -0.4 is 10.6 Å². The van der Waals surface area contributed by atoms with Gasteiger partial charge in [0.05, 0.1) is 5.52 Å². The Hall–Kier alpha value is -2.45. The lowest BCUT2D eigenvalue weighted by molar-refractivity contribution is -0.125. The highest BCUT2D eigenvalue weighted by molar-refractivity contribution is 6.00. The SMILES string of the molecule is CCOCC(=O)NCc1ccc2c(NC(=O)COCC)n[nH]c2c1. The molecule has 0 saturated heterocycles. The number of amides is 2. The lowest BCUT2D eigenvalue weighted by atomic mass is 10.1. The van der Waals surface area contributed by atoms with Gasteiger partial charge in [-0.2, -0.15) is 5.10 Å². The van der Waals surface area contributed by atoms with Gasteiger partial charge in [-0.15, -0.1) is 0 Å². The number of hydrogen-bond donors (Lipinski definition) is 3. The van der Waals surface area contributed by atoms with Crippen LogP contribution in [0.4, 0.5) is 5.82 Å². The predicted molar refractivity (Wildman–Crippen MR) is 89.6 cm³/mol. The maximum absolute atomic E-state index is 11.7. The Morgan fingerprint density at radius 1 is 1.12 bits per heavy atom. The lowest BCUT2D eigenvalue weighted by Gasteiger charge is -2.06. The summed E-state index contributed by atoms with van der Waals surface area (Å²) in [6.07, 6.45) is 0. The van der Waals surface area contributed by atoms with Gasteiger partial charge in [0.15, 0.2) is 5.82 Å². The van der Waals surface area contributed by atoms with Crippen LogP contribution in [-0.4, -0.2) is 48.4 Å². The van der Waals surface area contributed by atoms with Crippen LogP contribution in [0.25, 0.3) is 10.9 Å². The Balaban J connectivity index is 1.97. The summed E-state index contributed by atoms with van der Waals surface area (Å²) in [5.74, 6) is 0.0459. The van der Waals surface area contributed by atoms with E-state index in [1.54, 1.807) is 0 Å². The van der Waals surface area contributed by atoms with Crippen LogP contribution in [0.5, 0.6) is 0 Å². The first-order valence-electron chi connectivity index (χ1n) is 7.83. The number of nitrogens with zero attached hydrogens (tertiary/aromatic N) is 1. The minimum atomic E-state index is -0.252. The second-order valence-corrected chi connectivity index (χ2v) is 5.05. The van der Waals surface area contributed by atoms with E-state index < -0.39 is 0 Å². The Morgan fingerprint density at radius 3 is 2.54 bits per heavy atom. The molecule has 1 heterocycles. The fraction of sp³-hybridized carbons (Fsp3) is 0.438. The average Bonchev–Trinajstić information content (AvgIpc) is 2.98. The van der Waals surface area contributed by atoms with Gasteiger partial charge in [-0.25, -0.2) is 0 Å². The monoisotopic (exact) mass is 334 g/mol. The molecule has 2 amide bonds. The van der Waals surface area contributed by atoms with E-state index in [9.17, 15) is 9.59 Å². The number of anilines is 1. The molecule has 130 valence electrons. The average molecular weight is 334 g/mol. The third-order valence-corrected chi connectivity index (χ3v) is 3.25. The van der Waals surface area contributed by atoms with E-state index in [2.05, 4.69) is 20.8 Å². The van der Waals surface area contributed by atoms with Gasteiger partial charge in [0.1, 0.15) is 13.2 Å². The standard InChI is InChI=1S/C16H22N4O4/c1-3-23-9-14(21)17-8-11-5-6-12-13(7-11)19-20-16(12)18-15(22)10-24-4-2/h5-7H,3-4,8-10H2,1-2H3,(H,17,21)(H2,18,19,20,22). The van der Waals surface area contributed by atoms with Crippen LogP contribution >= 0.6 is 0 Å². The predicted octanol–water partition coefficient (Wildman–Crippen LogP) is 1.19. The third kappa shape index (κ3) is 5.04. The summed E-state index contributed by atoms with van der Waals surface area (Å²) in [6.45, 7) is 5.09. The number of hydrogen-bond acceptors (Lipinski definition) is 5. The summed E-state index contributed by atoms with van der Waals surface area (Å²) < 4.78 is 10.1. The van der Waals surface area contributed by atoms with E-state index in [1.165, 1.54) is 0 Å². The molecule has 1 aromatic heterocycles. The highest BCUT2D eigenvalue weighted by Gasteiger charge is 2.10. The molecule has 2 rings (SSSR count). The van der Waals surface area contributed by atoms with Gasteiger partial charge in [-0.3, -0.25) is 14.7 Å². The number of rotatable bonds is 9. The number of carbonyl (C=O) groups is 2. The molecule has 0 fully saturated rings. The first kappa shape index (κ1) is 17.9. The van der Waals surface area contributed by atoms with Gasteiger partial charge < -0.3 is 20.1 Å². The molecule has 2 aromatic rings. The zero-order chi connectivity index (χ0) is 17.4. The van der Waals surface area contributed by atoms with E-state index in [-0.39, 0.29) is 25.0 Å². The number of carbonyl (C=O) groups excluding carboxylic acids is 2. The smallest absolute Gasteiger partial charge is 0.251 e. The highest BCUT2D eigenvalue weighted by atomic mass is 16.5. The van der Waals surface area contributed by atoms with Gasteiger partial charge in [-0.1, -0.05) is 6.07 Å². The Morgan fingerprint density at radius 2 is 1.83 bits per heavy atom. The molecule has 0 radical (unpaired) electrons. The van der Waals surface area contributed by atoms with Crippen molar-refractivity contribution in [1.82, 2.24) is 15.5 Å². The fourth-order valence-electron chi connectivity index (χ4n) is 2.08. The molecule has 0 saturated carbocycles. The van der Waals surface area contributed by atoms with E-state index >= 15 is 0 Å². The first-order chi connectivity index (χ1) is 11.6. The van der Waals surface area contributed by atoms with Crippen LogP contribution in [0.2, 0.25) is 0 Å². The topological polar surface area (TPSA) is 105 Å². The Bertz CT molecular complexity index is 698. The molecule has 0 aliphatic heterocycles. The zero-order valence-electron chi connectivity index (χ0n) is 13.8. The molecule has 0 unspecified atom stereocenters. The van der Waals surface area contributed by atoms with Crippen molar-refractivity contribution in [1.29, 1.82) is 0 Å². The summed E-state index contributed by atoms with van der Waals surface area (Å²) in [7, 11) is 0. The molecular formula is C16H22N4O4. The molecule has 0 spiro atoms. The van der Waals surface area contributed by atoms with Crippen LogP contribution in [0.3, 0.4) is 0 Å². The molecule has 0 aliphatic carbocycles. The molecule has 24 heavy (non-hydrogen) atoms. The van der Waals surface area contributed by atoms with Gasteiger partial charge in [0.2, 0.25) is 5.91 Å². The second-order valence-electron chi connectivity index (χ2n) is 5.05. The minimum Gasteiger partial charge on any atom is -0.372 e. The number of nitrogens with one attached hydrogen (secondary N) is 3. The maximum Gasteiger partial charge on any atom is 0.251 e. The van der Waals surface area contributed by atoms with E-state index in [0.717, 1.165) is 16.5 Å². The van der Waals surface area contributed by atoms with Crippen LogP contribution in [0, 0.1) is 0 Å². The molecule has 3 N–H and O–H groups in total. The third-order valence-electron chi connectivity index (χ3n) is 3.25. The van der Waals surface area contributed by atoms with Crippen LogP contribution in [-0.2, 0) is 25.6 Å². The van der Waals surface area contributed by atoms with Crippen molar-refractivity contribution >= 4 is 28.5 Å². The second kappa shape index (κ2) is 8.99. The first-order valence-corrected chi connectivity index (χ1v) is 7.83. The van der Waals surface area contributed by atoms with E-state index in [4.69, 9.17) is 9.47 Å². The minimum absolute atomic E-state index is 0.00516. The van der Waals surface area contributed by atoms with E-state index in [1.807, 2.05) is 32.0 Å². The quantitative estimate of drug-likeness (QED) is 0.639. The number of aromatic amines is 1. The van der Waals surface area contributed by atoms with Gasteiger partial charge in [0.25, 0.3) is 5.91 Å². The highest BCUT2D eigenvalue weighted by Crippen LogP contribution is 2.21. The number of H-pyrrole nitrogens is 1. The molecule has 0 aliphatic rings. The molecule has 8 heteroatoms. The number of fused-ring (bicyclic) bond motifs is 1.